The largest absolute Gasteiger partial charge is 0.419 e. The highest BCUT2D eigenvalue weighted by molar-refractivity contribution is 7.11. The zero-order valence-corrected chi connectivity index (χ0v) is 12.5. The van der Waals surface area contributed by atoms with Crippen molar-refractivity contribution >= 4 is 11.3 Å². The number of thiazole rings is 1. The number of benzene rings is 1. The lowest BCUT2D eigenvalue weighted by molar-refractivity contribution is -0.140. The lowest BCUT2D eigenvalue weighted by Gasteiger charge is -2.17. The van der Waals surface area contributed by atoms with Gasteiger partial charge < -0.3 is 5.32 Å². The Balaban J connectivity index is 2.45. The van der Waals surface area contributed by atoms with Gasteiger partial charge in [0.05, 0.1) is 22.3 Å². The number of hydrogen-bond acceptors (Lipinski definition) is 3. The average molecular weight is 318 g/mol. The molecule has 114 valence electrons. The van der Waals surface area contributed by atoms with Crippen LogP contribution in [0.2, 0.25) is 0 Å². The lowest BCUT2D eigenvalue weighted by atomic mass is 10.0. The van der Waals surface area contributed by atoms with E-state index in [9.17, 15) is 17.6 Å². The number of aromatic nitrogens is 1. The maximum absolute atomic E-state index is 13.7. The Morgan fingerprint density at radius 2 is 1.90 bits per heavy atom. The third-order valence-corrected chi connectivity index (χ3v) is 4.26. The van der Waals surface area contributed by atoms with Gasteiger partial charge >= 0.3 is 6.18 Å². The Morgan fingerprint density at radius 3 is 2.33 bits per heavy atom. The van der Waals surface area contributed by atoms with Crippen LogP contribution in [0.1, 0.15) is 32.7 Å². The molecule has 1 atom stereocenters. The van der Waals surface area contributed by atoms with Gasteiger partial charge in [-0.1, -0.05) is 6.07 Å². The molecule has 2 nitrogen and oxygen atoms in total. The smallest absolute Gasteiger partial charge is 0.309 e. The van der Waals surface area contributed by atoms with Crippen LogP contribution in [0.25, 0.3) is 0 Å². The fraction of sp³-hybridized carbons (Fsp3) is 0.357. The van der Waals surface area contributed by atoms with E-state index in [1.807, 2.05) is 13.8 Å². The van der Waals surface area contributed by atoms with E-state index in [-0.39, 0.29) is 6.04 Å². The topological polar surface area (TPSA) is 24.9 Å². The third kappa shape index (κ3) is 3.24. The molecule has 1 aromatic heterocycles. The van der Waals surface area contributed by atoms with Crippen molar-refractivity contribution in [1.29, 1.82) is 0 Å². The van der Waals surface area contributed by atoms with Gasteiger partial charge in [0.25, 0.3) is 0 Å². The van der Waals surface area contributed by atoms with Crippen molar-refractivity contribution in [3.63, 3.8) is 0 Å². The second-order valence-corrected chi connectivity index (χ2v) is 5.88. The van der Waals surface area contributed by atoms with Crippen LogP contribution in [0.4, 0.5) is 17.6 Å². The van der Waals surface area contributed by atoms with E-state index in [0.717, 1.165) is 27.7 Å². The summed E-state index contributed by atoms with van der Waals surface area (Å²) < 4.78 is 51.5. The maximum Gasteiger partial charge on any atom is 0.419 e. The van der Waals surface area contributed by atoms with Crippen molar-refractivity contribution < 1.29 is 17.6 Å². The summed E-state index contributed by atoms with van der Waals surface area (Å²) in [5.74, 6) is -1.26. The molecule has 0 aliphatic rings. The molecule has 0 bridgehead atoms. The molecule has 0 radical (unpaired) electrons. The summed E-state index contributed by atoms with van der Waals surface area (Å²) in [6.45, 7) is 3.67. The fourth-order valence-corrected chi connectivity index (χ4v) is 3.27. The van der Waals surface area contributed by atoms with Gasteiger partial charge in [0.15, 0.2) is 0 Å². The molecule has 0 saturated carbocycles. The van der Waals surface area contributed by atoms with Crippen LogP contribution >= 0.6 is 11.3 Å². The van der Waals surface area contributed by atoms with Gasteiger partial charge in [0, 0.05) is 4.88 Å². The van der Waals surface area contributed by atoms with Gasteiger partial charge in [-0.25, -0.2) is 9.37 Å². The minimum atomic E-state index is -4.69. The monoisotopic (exact) mass is 318 g/mol. The van der Waals surface area contributed by atoms with E-state index >= 15 is 0 Å². The van der Waals surface area contributed by atoms with Crippen LogP contribution in [-0.4, -0.2) is 12.0 Å². The molecule has 1 heterocycles. The first-order valence-corrected chi connectivity index (χ1v) is 7.03. The van der Waals surface area contributed by atoms with Crippen LogP contribution in [0.5, 0.6) is 0 Å². The van der Waals surface area contributed by atoms with Gasteiger partial charge in [-0.3, -0.25) is 0 Å². The first-order chi connectivity index (χ1) is 9.74. The van der Waals surface area contributed by atoms with Gasteiger partial charge in [0.2, 0.25) is 0 Å². The molecule has 1 unspecified atom stereocenters. The molecule has 0 spiro atoms. The SMILES string of the molecule is CNC(c1ccc(C(F)(F)F)c(F)c1)c1sc(C)nc1C. The normalized spacial score (nSPS) is 13.5. The van der Waals surface area contributed by atoms with Crippen molar-refractivity contribution in [1.82, 2.24) is 10.3 Å². The molecule has 7 heteroatoms. The summed E-state index contributed by atoms with van der Waals surface area (Å²) in [7, 11) is 1.68. The number of nitrogens with zero attached hydrogens (tertiary/aromatic N) is 1. The first kappa shape index (κ1) is 15.9. The van der Waals surface area contributed by atoms with E-state index in [0.29, 0.717) is 5.56 Å². The zero-order chi connectivity index (χ0) is 15.8. The molecule has 1 N–H and O–H groups in total. The standard InChI is InChI=1S/C14H14F4N2S/c1-7-13(21-8(2)20-7)12(19-3)9-4-5-10(11(15)6-9)14(16,17)18/h4-6,12,19H,1-3H3. The summed E-state index contributed by atoms with van der Waals surface area (Å²) in [5, 5.41) is 3.85. The van der Waals surface area contributed by atoms with Gasteiger partial charge in [-0.05, 0) is 38.6 Å². The van der Waals surface area contributed by atoms with Crippen LogP contribution in [0.15, 0.2) is 18.2 Å². The third-order valence-electron chi connectivity index (χ3n) is 3.12. The molecule has 0 aliphatic heterocycles. The summed E-state index contributed by atoms with van der Waals surface area (Å²) in [6.07, 6.45) is -4.69. The molecule has 2 aromatic rings. The first-order valence-electron chi connectivity index (χ1n) is 6.22. The number of rotatable bonds is 3. The maximum atomic E-state index is 13.7. The highest BCUT2D eigenvalue weighted by atomic mass is 32.1. The summed E-state index contributed by atoms with van der Waals surface area (Å²) in [4.78, 5) is 5.16. The van der Waals surface area contributed by atoms with Crippen molar-refractivity contribution in [3.05, 3.63) is 50.7 Å². The highest BCUT2D eigenvalue weighted by Gasteiger charge is 2.34. The van der Waals surface area contributed by atoms with E-state index < -0.39 is 17.6 Å². The number of halogens is 4. The zero-order valence-electron chi connectivity index (χ0n) is 11.7. The summed E-state index contributed by atoms with van der Waals surface area (Å²) in [6, 6.07) is 2.62. The van der Waals surface area contributed by atoms with Crippen molar-refractivity contribution in [3.8, 4) is 0 Å². The van der Waals surface area contributed by atoms with Crippen LogP contribution in [-0.2, 0) is 6.18 Å². The minimum Gasteiger partial charge on any atom is -0.309 e. The molecule has 2 rings (SSSR count). The van der Waals surface area contributed by atoms with Gasteiger partial charge in [0.1, 0.15) is 5.82 Å². The molecule has 0 fully saturated rings. The number of nitrogens with one attached hydrogen (secondary N) is 1. The summed E-state index contributed by atoms with van der Waals surface area (Å²) in [5.41, 5.74) is -0.0229. The van der Waals surface area contributed by atoms with Crippen molar-refractivity contribution in [2.45, 2.75) is 26.1 Å². The molecular formula is C14H14F4N2S. The Kier molecular flexibility index (Phi) is 4.34. The van der Waals surface area contributed by atoms with Crippen LogP contribution < -0.4 is 5.32 Å². The van der Waals surface area contributed by atoms with E-state index in [1.165, 1.54) is 17.4 Å². The molecule has 0 saturated heterocycles. The average Bonchev–Trinajstić information content (AvgIpc) is 2.68. The Hall–Kier alpha value is -1.47. The van der Waals surface area contributed by atoms with Crippen LogP contribution in [0, 0.1) is 19.7 Å². The molecule has 0 aliphatic carbocycles. The number of aryl methyl sites for hydroxylation is 2. The molecule has 1 aromatic carbocycles. The fourth-order valence-electron chi connectivity index (χ4n) is 2.20. The van der Waals surface area contributed by atoms with E-state index in [1.54, 1.807) is 7.05 Å². The Labute approximate surface area is 123 Å². The number of alkyl halides is 3. The highest BCUT2D eigenvalue weighted by Crippen LogP contribution is 2.35. The Bertz CT molecular complexity index is 649. The van der Waals surface area contributed by atoms with Gasteiger partial charge in [-0.2, -0.15) is 13.2 Å². The van der Waals surface area contributed by atoms with Crippen molar-refractivity contribution in [2.75, 3.05) is 7.05 Å². The number of hydrogen-bond donors (Lipinski definition) is 1. The van der Waals surface area contributed by atoms with Gasteiger partial charge in [-0.15, -0.1) is 11.3 Å². The molecule has 0 amide bonds. The second kappa shape index (κ2) is 5.73. The van der Waals surface area contributed by atoms with Crippen molar-refractivity contribution in [2.24, 2.45) is 0 Å². The predicted molar refractivity (Wildman–Crippen MR) is 73.9 cm³/mol. The van der Waals surface area contributed by atoms with Crippen LogP contribution in [0.3, 0.4) is 0 Å². The van der Waals surface area contributed by atoms with E-state index in [4.69, 9.17) is 0 Å². The Morgan fingerprint density at radius 1 is 1.24 bits per heavy atom. The second-order valence-electron chi connectivity index (χ2n) is 4.64. The van der Waals surface area contributed by atoms with E-state index in [2.05, 4.69) is 10.3 Å². The quantitative estimate of drug-likeness (QED) is 0.857. The minimum absolute atomic E-state index is 0.381. The summed E-state index contributed by atoms with van der Waals surface area (Å²) >= 11 is 1.44. The predicted octanol–water partition coefficient (Wildman–Crippen LogP) is 4.23. The lowest BCUT2D eigenvalue weighted by Crippen LogP contribution is -2.18. The molecular weight excluding hydrogens is 304 g/mol. The molecule has 21 heavy (non-hydrogen) atoms.